The molecule has 16 heavy (non-hydrogen) atoms. The van der Waals surface area contributed by atoms with Crippen LogP contribution >= 0.6 is 22.6 Å². The molecule has 0 atom stereocenters. The summed E-state index contributed by atoms with van der Waals surface area (Å²) in [5.74, 6) is -1.51. The fraction of sp³-hybridized carbons (Fsp3) is 0.500. The third-order valence-electron chi connectivity index (χ3n) is 2.33. The molecule has 0 amide bonds. The van der Waals surface area contributed by atoms with Gasteiger partial charge < -0.3 is 5.32 Å². The maximum atomic E-state index is 13.2. The Kier molecular flexibility index (Phi) is 6.87. The minimum Gasteiger partial charge on any atom is -0.313 e. The van der Waals surface area contributed by atoms with E-state index in [1.165, 1.54) is 23.3 Å². The zero-order valence-electron chi connectivity index (χ0n) is 9.11. The summed E-state index contributed by atoms with van der Waals surface area (Å²) in [5, 5.41) is 3.12. The Balaban J connectivity index is 2.24. The first kappa shape index (κ1) is 13.8. The van der Waals surface area contributed by atoms with Crippen molar-refractivity contribution in [2.45, 2.75) is 25.8 Å². The molecule has 0 bridgehead atoms. The zero-order valence-corrected chi connectivity index (χ0v) is 11.3. The van der Waals surface area contributed by atoms with E-state index in [0.29, 0.717) is 12.1 Å². The molecule has 0 radical (unpaired) electrons. The van der Waals surface area contributed by atoms with Gasteiger partial charge in [-0.3, -0.25) is 0 Å². The molecule has 0 fully saturated rings. The highest BCUT2D eigenvalue weighted by molar-refractivity contribution is 14.1. The van der Waals surface area contributed by atoms with Gasteiger partial charge in [-0.15, -0.1) is 0 Å². The van der Waals surface area contributed by atoms with E-state index >= 15 is 0 Å². The number of hydrogen-bond acceptors (Lipinski definition) is 1. The van der Waals surface area contributed by atoms with Crippen LogP contribution in [0, 0.1) is 11.6 Å². The van der Waals surface area contributed by atoms with E-state index in [9.17, 15) is 8.78 Å². The summed E-state index contributed by atoms with van der Waals surface area (Å²) in [6, 6.07) is 4.28. The van der Waals surface area contributed by atoms with Gasteiger partial charge in [0.05, 0.1) is 0 Å². The summed E-state index contributed by atoms with van der Waals surface area (Å²) in [4.78, 5) is 0. The molecule has 1 aromatic carbocycles. The Morgan fingerprint density at radius 3 is 2.69 bits per heavy atom. The van der Waals surface area contributed by atoms with Crippen LogP contribution in [-0.2, 0) is 6.54 Å². The van der Waals surface area contributed by atoms with E-state index < -0.39 is 11.6 Å². The highest BCUT2D eigenvalue weighted by Gasteiger charge is 2.06. The van der Waals surface area contributed by atoms with Crippen molar-refractivity contribution in [3.8, 4) is 0 Å². The predicted octanol–water partition coefficient (Wildman–Crippen LogP) is 3.66. The molecular formula is C12H16F2IN. The molecule has 1 aromatic rings. The molecule has 4 heteroatoms. The topological polar surface area (TPSA) is 12.0 Å². The standard InChI is InChI=1S/C12H16F2IN/c13-11-6-4-5-10(12(11)14)9-16-8-3-1-2-7-15/h4-6,16H,1-3,7-9H2. The summed E-state index contributed by atoms with van der Waals surface area (Å²) in [7, 11) is 0. The van der Waals surface area contributed by atoms with Crippen molar-refractivity contribution in [2.24, 2.45) is 0 Å². The number of benzene rings is 1. The highest BCUT2D eigenvalue weighted by Crippen LogP contribution is 2.10. The monoisotopic (exact) mass is 339 g/mol. The Morgan fingerprint density at radius 2 is 1.94 bits per heavy atom. The lowest BCUT2D eigenvalue weighted by molar-refractivity contribution is 0.491. The van der Waals surface area contributed by atoms with Crippen LogP contribution in [0.5, 0.6) is 0 Å². The second kappa shape index (κ2) is 7.95. The van der Waals surface area contributed by atoms with Crippen LogP contribution in [0.1, 0.15) is 24.8 Å². The van der Waals surface area contributed by atoms with Gasteiger partial charge in [0, 0.05) is 12.1 Å². The van der Waals surface area contributed by atoms with Crippen LogP contribution in [0.25, 0.3) is 0 Å². The van der Waals surface area contributed by atoms with Gasteiger partial charge in [-0.2, -0.15) is 0 Å². The molecular weight excluding hydrogens is 323 g/mol. The molecule has 1 N–H and O–H groups in total. The van der Waals surface area contributed by atoms with E-state index in [2.05, 4.69) is 27.9 Å². The quantitative estimate of drug-likeness (QED) is 0.454. The van der Waals surface area contributed by atoms with Crippen molar-refractivity contribution < 1.29 is 8.78 Å². The Labute approximate surface area is 109 Å². The van der Waals surface area contributed by atoms with E-state index in [0.717, 1.165) is 19.0 Å². The van der Waals surface area contributed by atoms with Gasteiger partial charge in [0.1, 0.15) is 0 Å². The fourth-order valence-electron chi connectivity index (χ4n) is 1.43. The fourth-order valence-corrected chi connectivity index (χ4v) is 1.97. The minimum absolute atomic E-state index is 0.397. The van der Waals surface area contributed by atoms with Crippen LogP contribution < -0.4 is 5.32 Å². The number of rotatable bonds is 7. The zero-order chi connectivity index (χ0) is 11.8. The smallest absolute Gasteiger partial charge is 0.163 e. The maximum absolute atomic E-state index is 13.2. The van der Waals surface area contributed by atoms with Crippen molar-refractivity contribution in [1.29, 1.82) is 0 Å². The van der Waals surface area contributed by atoms with Crippen LogP contribution in [0.3, 0.4) is 0 Å². The third kappa shape index (κ3) is 4.74. The molecule has 90 valence electrons. The molecule has 0 aliphatic heterocycles. The first-order valence-corrected chi connectivity index (χ1v) is 6.98. The van der Waals surface area contributed by atoms with Crippen LogP contribution in [0.2, 0.25) is 0 Å². The van der Waals surface area contributed by atoms with Crippen molar-refractivity contribution in [2.75, 3.05) is 11.0 Å². The molecule has 0 spiro atoms. The summed E-state index contributed by atoms with van der Waals surface area (Å²) in [6.07, 6.45) is 3.48. The molecule has 0 saturated heterocycles. The number of unbranched alkanes of at least 4 members (excludes halogenated alkanes) is 2. The second-order valence-electron chi connectivity index (χ2n) is 3.64. The Morgan fingerprint density at radius 1 is 1.12 bits per heavy atom. The van der Waals surface area contributed by atoms with E-state index in [-0.39, 0.29) is 0 Å². The van der Waals surface area contributed by atoms with Gasteiger partial charge in [0.25, 0.3) is 0 Å². The highest BCUT2D eigenvalue weighted by atomic mass is 127. The molecule has 0 saturated carbocycles. The van der Waals surface area contributed by atoms with Crippen molar-refractivity contribution >= 4 is 22.6 Å². The number of nitrogens with one attached hydrogen (secondary N) is 1. The molecule has 0 aromatic heterocycles. The van der Waals surface area contributed by atoms with E-state index in [1.807, 2.05) is 0 Å². The van der Waals surface area contributed by atoms with E-state index in [1.54, 1.807) is 6.07 Å². The molecule has 1 rings (SSSR count). The first-order valence-electron chi connectivity index (χ1n) is 5.45. The SMILES string of the molecule is Fc1cccc(CNCCCCCI)c1F. The molecule has 0 unspecified atom stereocenters. The van der Waals surface area contributed by atoms with Gasteiger partial charge in [0.2, 0.25) is 0 Å². The van der Waals surface area contributed by atoms with Crippen LogP contribution in [0.15, 0.2) is 18.2 Å². The minimum atomic E-state index is -0.774. The van der Waals surface area contributed by atoms with Gasteiger partial charge in [-0.25, -0.2) is 8.78 Å². The maximum Gasteiger partial charge on any atom is 0.163 e. The first-order chi connectivity index (χ1) is 7.75. The van der Waals surface area contributed by atoms with Crippen molar-refractivity contribution in [1.82, 2.24) is 5.32 Å². The number of halogens is 3. The summed E-state index contributed by atoms with van der Waals surface area (Å²) in [5.41, 5.74) is 0.397. The van der Waals surface area contributed by atoms with Gasteiger partial charge >= 0.3 is 0 Å². The largest absolute Gasteiger partial charge is 0.313 e. The second-order valence-corrected chi connectivity index (χ2v) is 4.72. The number of hydrogen-bond donors (Lipinski definition) is 1. The summed E-state index contributed by atoms with van der Waals surface area (Å²) in [6.45, 7) is 1.25. The average molecular weight is 339 g/mol. The normalized spacial score (nSPS) is 10.7. The van der Waals surface area contributed by atoms with Crippen molar-refractivity contribution in [3.05, 3.63) is 35.4 Å². The van der Waals surface area contributed by atoms with Crippen LogP contribution in [-0.4, -0.2) is 11.0 Å². The number of alkyl halides is 1. The third-order valence-corrected chi connectivity index (χ3v) is 3.10. The molecule has 0 aliphatic carbocycles. The Bertz CT molecular complexity index is 318. The van der Waals surface area contributed by atoms with Crippen molar-refractivity contribution in [3.63, 3.8) is 0 Å². The molecule has 0 heterocycles. The lowest BCUT2D eigenvalue weighted by Gasteiger charge is -2.06. The molecule has 1 nitrogen and oxygen atoms in total. The average Bonchev–Trinajstić information content (AvgIpc) is 2.29. The Hall–Kier alpha value is -0.230. The van der Waals surface area contributed by atoms with Gasteiger partial charge in [-0.05, 0) is 29.9 Å². The lowest BCUT2D eigenvalue weighted by atomic mass is 10.2. The lowest BCUT2D eigenvalue weighted by Crippen LogP contribution is -2.16. The van der Waals surface area contributed by atoms with Gasteiger partial charge in [0.15, 0.2) is 11.6 Å². The van der Waals surface area contributed by atoms with E-state index in [4.69, 9.17) is 0 Å². The summed E-state index contributed by atoms with van der Waals surface area (Å²) < 4.78 is 27.2. The predicted molar refractivity (Wildman–Crippen MR) is 70.8 cm³/mol. The molecule has 0 aliphatic rings. The summed E-state index contributed by atoms with van der Waals surface area (Å²) >= 11 is 2.35. The van der Waals surface area contributed by atoms with Gasteiger partial charge in [-0.1, -0.05) is 41.1 Å². The van der Waals surface area contributed by atoms with Crippen LogP contribution in [0.4, 0.5) is 8.78 Å².